The summed E-state index contributed by atoms with van der Waals surface area (Å²) >= 11 is 0. The molecule has 23 heavy (non-hydrogen) atoms. The molecule has 2 rings (SSSR count). The number of carbonyl (C=O) groups is 3. The fraction of sp³-hybridized carbons (Fsp3) is 0.438. The zero-order chi connectivity index (χ0) is 17.0. The predicted molar refractivity (Wildman–Crippen MR) is 81.7 cm³/mol. The molecule has 1 aromatic carbocycles. The van der Waals surface area contributed by atoms with Crippen LogP contribution in [0.3, 0.4) is 0 Å². The summed E-state index contributed by atoms with van der Waals surface area (Å²) in [6.07, 6.45) is 0.540. The molecule has 2 N–H and O–H groups in total. The molecule has 1 unspecified atom stereocenters. The Morgan fingerprint density at radius 3 is 2.57 bits per heavy atom. The SMILES string of the molecule is CC(C)CC1NC(=O)N(CC(=O)NCc2ccc(F)cc2)C1=O. The Kier molecular flexibility index (Phi) is 5.31. The average Bonchev–Trinajstić information content (AvgIpc) is 2.73. The summed E-state index contributed by atoms with van der Waals surface area (Å²) in [6, 6.07) is 4.61. The minimum absolute atomic E-state index is 0.207. The highest BCUT2D eigenvalue weighted by molar-refractivity contribution is 6.06. The van der Waals surface area contributed by atoms with Crippen LogP contribution in [-0.4, -0.2) is 35.3 Å². The molecular formula is C16H20FN3O3. The summed E-state index contributed by atoms with van der Waals surface area (Å²) in [5.41, 5.74) is 0.731. The van der Waals surface area contributed by atoms with Crippen molar-refractivity contribution in [1.29, 1.82) is 0 Å². The van der Waals surface area contributed by atoms with Gasteiger partial charge < -0.3 is 10.6 Å². The first kappa shape index (κ1) is 16.9. The molecule has 1 aliphatic rings. The molecule has 6 nitrogen and oxygen atoms in total. The molecule has 1 saturated heterocycles. The molecular weight excluding hydrogens is 301 g/mol. The van der Waals surface area contributed by atoms with Crippen LogP contribution in [0, 0.1) is 11.7 Å². The van der Waals surface area contributed by atoms with Gasteiger partial charge >= 0.3 is 6.03 Å². The lowest BCUT2D eigenvalue weighted by Crippen LogP contribution is -2.41. The highest BCUT2D eigenvalue weighted by atomic mass is 19.1. The number of nitrogens with zero attached hydrogens (tertiary/aromatic N) is 1. The maximum atomic E-state index is 12.8. The number of imide groups is 1. The second-order valence-electron chi connectivity index (χ2n) is 5.96. The lowest BCUT2D eigenvalue weighted by atomic mass is 10.0. The van der Waals surface area contributed by atoms with Crippen LogP contribution in [0.15, 0.2) is 24.3 Å². The zero-order valence-electron chi connectivity index (χ0n) is 13.1. The Balaban J connectivity index is 1.86. The van der Waals surface area contributed by atoms with E-state index in [2.05, 4.69) is 10.6 Å². The number of hydrogen-bond donors (Lipinski definition) is 2. The van der Waals surface area contributed by atoms with E-state index >= 15 is 0 Å². The fourth-order valence-electron chi connectivity index (χ4n) is 2.36. The molecule has 0 saturated carbocycles. The number of urea groups is 1. The van der Waals surface area contributed by atoms with Crippen molar-refractivity contribution < 1.29 is 18.8 Å². The number of benzene rings is 1. The van der Waals surface area contributed by atoms with E-state index in [9.17, 15) is 18.8 Å². The van der Waals surface area contributed by atoms with E-state index in [4.69, 9.17) is 0 Å². The van der Waals surface area contributed by atoms with Gasteiger partial charge in [-0.2, -0.15) is 0 Å². The van der Waals surface area contributed by atoms with Gasteiger partial charge in [-0.1, -0.05) is 26.0 Å². The average molecular weight is 321 g/mol. The van der Waals surface area contributed by atoms with Crippen molar-refractivity contribution in [3.63, 3.8) is 0 Å². The molecule has 0 aromatic heterocycles. The van der Waals surface area contributed by atoms with Gasteiger partial charge in [-0.25, -0.2) is 9.18 Å². The smallest absolute Gasteiger partial charge is 0.325 e. The summed E-state index contributed by atoms with van der Waals surface area (Å²) in [7, 11) is 0. The van der Waals surface area contributed by atoms with Crippen molar-refractivity contribution in [1.82, 2.24) is 15.5 Å². The van der Waals surface area contributed by atoms with Gasteiger partial charge in [0.1, 0.15) is 18.4 Å². The third kappa shape index (κ3) is 4.51. The number of carbonyl (C=O) groups excluding carboxylic acids is 3. The molecule has 0 bridgehead atoms. The standard InChI is InChI=1S/C16H20FN3O3/c1-10(2)7-13-15(22)20(16(23)19-13)9-14(21)18-8-11-3-5-12(17)6-4-11/h3-6,10,13H,7-9H2,1-2H3,(H,18,21)(H,19,23). The van der Waals surface area contributed by atoms with Crippen molar-refractivity contribution in [3.05, 3.63) is 35.6 Å². The molecule has 1 heterocycles. The molecule has 1 aromatic rings. The first-order chi connectivity index (χ1) is 10.9. The van der Waals surface area contributed by atoms with Crippen LogP contribution >= 0.6 is 0 Å². The topological polar surface area (TPSA) is 78.5 Å². The van der Waals surface area contributed by atoms with Gasteiger partial charge in [-0.15, -0.1) is 0 Å². The lowest BCUT2D eigenvalue weighted by Gasteiger charge is -2.13. The van der Waals surface area contributed by atoms with Crippen LogP contribution in [0.2, 0.25) is 0 Å². The van der Waals surface area contributed by atoms with Gasteiger partial charge in [-0.05, 0) is 30.0 Å². The van der Waals surface area contributed by atoms with Crippen molar-refractivity contribution in [2.24, 2.45) is 5.92 Å². The maximum Gasteiger partial charge on any atom is 0.325 e. The van der Waals surface area contributed by atoms with Crippen LogP contribution < -0.4 is 10.6 Å². The summed E-state index contributed by atoms with van der Waals surface area (Å²) in [5, 5.41) is 5.19. The van der Waals surface area contributed by atoms with Crippen LogP contribution in [0.4, 0.5) is 9.18 Å². The Morgan fingerprint density at radius 1 is 1.30 bits per heavy atom. The molecule has 124 valence electrons. The van der Waals surface area contributed by atoms with E-state index in [0.717, 1.165) is 10.5 Å². The minimum Gasteiger partial charge on any atom is -0.350 e. The van der Waals surface area contributed by atoms with E-state index < -0.39 is 18.0 Å². The highest BCUT2D eigenvalue weighted by Gasteiger charge is 2.38. The number of nitrogens with one attached hydrogen (secondary N) is 2. The van der Waals surface area contributed by atoms with E-state index in [0.29, 0.717) is 6.42 Å². The van der Waals surface area contributed by atoms with E-state index in [1.54, 1.807) is 12.1 Å². The first-order valence-electron chi connectivity index (χ1n) is 7.50. The van der Waals surface area contributed by atoms with E-state index in [-0.39, 0.29) is 30.7 Å². The Bertz CT molecular complexity index is 601. The summed E-state index contributed by atoms with van der Waals surface area (Å²) < 4.78 is 12.8. The molecule has 0 aliphatic carbocycles. The van der Waals surface area contributed by atoms with Gasteiger partial charge in [0.15, 0.2) is 0 Å². The molecule has 7 heteroatoms. The highest BCUT2D eigenvalue weighted by Crippen LogP contribution is 2.13. The number of rotatable bonds is 6. The Hall–Kier alpha value is -2.44. The zero-order valence-corrected chi connectivity index (χ0v) is 13.1. The Labute approximate surface area is 134 Å². The van der Waals surface area contributed by atoms with Crippen molar-refractivity contribution >= 4 is 17.8 Å². The predicted octanol–water partition coefficient (Wildman–Crippen LogP) is 1.41. The van der Waals surface area contributed by atoms with Gasteiger partial charge in [0.25, 0.3) is 5.91 Å². The van der Waals surface area contributed by atoms with E-state index in [1.165, 1.54) is 12.1 Å². The third-order valence-corrected chi connectivity index (χ3v) is 3.52. The van der Waals surface area contributed by atoms with Gasteiger partial charge in [-0.3, -0.25) is 14.5 Å². The molecule has 0 radical (unpaired) electrons. The maximum absolute atomic E-state index is 12.8. The second-order valence-corrected chi connectivity index (χ2v) is 5.96. The minimum atomic E-state index is -0.563. The molecule has 4 amide bonds. The normalized spacial score (nSPS) is 17.6. The van der Waals surface area contributed by atoms with Gasteiger partial charge in [0.2, 0.25) is 5.91 Å². The summed E-state index contributed by atoms with van der Waals surface area (Å²) in [5.74, 6) is -0.907. The monoisotopic (exact) mass is 321 g/mol. The quantitative estimate of drug-likeness (QED) is 0.778. The van der Waals surface area contributed by atoms with Crippen molar-refractivity contribution in [2.75, 3.05) is 6.54 Å². The van der Waals surface area contributed by atoms with Crippen LogP contribution in [0.1, 0.15) is 25.8 Å². The number of hydrogen-bond acceptors (Lipinski definition) is 3. The van der Waals surface area contributed by atoms with Gasteiger partial charge in [0.05, 0.1) is 0 Å². The molecule has 1 atom stereocenters. The summed E-state index contributed by atoms with van der Waals surface area (Å²) in [6.45, 7) is 3.80. The fourth-order valence-corrected chi connectivity index (χ4v) is 2.36. The first-order valence-corrected chi connectivity index (χ1v) is 7.50. The van der Waals surface area contributed by atoms with Crippen molar-refractivity contribution in [2.45, 2.75) is 32.9 Å². The van der Waals surface area contributed by atoms with Crippen LogP contribution in [-0.2, 0) is 16.1 Å². The third-order valence-electron chi connectivity index (χ3n) is 3.52. The van der Waals surface area contributed by atoms with Gasteiger partial charge in [0, 0.05) is 6.54 Å². The molecule has 1 aliphatic heterocycles. The molecule has 0 spiro atoms. The Morgan fingerprint density at radius 2 is 1.96 bits per heavy atom. The number of halogens is 1. The van der Waals surface area contributed by atoms with Crippen LogP contribution in [0.25, 0.3) is 0 Å². The van der Waals surface area contributed by atoms with Crippen LogP contribution in [0.5, 0.6) is 0 Å². The van der Waals surface area contributed by atoms with E-state index in [1.807, 2.05) is 13.8 Å². The summed E-state index contributed by atoms with van der Waals surface area (Å²) in [4.78, 5) is 36.7. The lowest BCUT2D eigenvalue weighted by molar-refractivity contribution is -0.132. The largest absolute Gasteiger partial charge is 0.350 e. The van der Waals surface area contributed by atoms with Crippen molar-refractivity contribution in [3.8, 4) is 0 Å². The number of amides is 4. The molecule has 1 fully saturated rings. The second kappa shape index (κ2) is 7.21.